The van der Waals surface area contributed by atoms with Crippen LogP contribution < -0.4 is 10.2 Å². The van der Waals surface area contributed by atoms with Crippen molar-refractivity contribution in [2.24, 2.45) is 0 Å². The van der Waals surface area contributed by atoms with Gasteiger partial charge in [-0.25, -0.2) is 13.3 Å². The second-order valence-electron chi connectivity index (χ2n) is 7.72. The Bertz CT molecular complexity index is 1230. The van der Waals surface area contributed by atoms with Crippen LogP contribution >= 0.6 is 0 Å². The summed E-state index contributed by atoms with van der Waals surface area (Å²) in [5.41, 5.74) is 3.83. The molecule has 1 aliphatic rings. The predicted octanol–water partition coefficient (Wildman–Crippen LogP) is 3.85. The van der Waals surface area contributed by atoms with Crippen molar-refractivity contribution in [3.05, 3.63) is 66.1 Å². The Kier molecular flexibility index (Phi) is 4.93. The number of piperidine rings is 1. The number of fused-ring (bicyclic) bond motifs is 1. The average molecular weight is 421 g/mol. The second kappa shape index (κ2) is 7.90. The van der Waals surface area contributed by atoms with E-state index < -0.39 is 11.6 Å². The number of pyridine rings is 1. The second-order valence-corrected chi connectivity index (χ2v) is 7.72. The predicted molar refractivity (Wildman–Crippen MR) is 114 cm³/mol. The smallest absolute Gasteiger partial charge is 0.243 e. The minimum atomic E-state index is -0.885. The van der Waals surface area contributed by atoms with E-state index >= 15 is 0 Å². The molecule has 158 valence electrons. The molecule has 5 rings (SSSR count). The number of rotatable bonds is 4. The molecule has 0 radical (unpaired) electrons. The van der Waals surface area contributed by atoms with E-state index in [-0.39, 0.29) is 6.04 Å². The lowest BCUT2D eigenvalue weighted by molar-refractivity contribution is 0.509. The quantitative estimate of drug-likeness (QED) is 0.540. The Balaban J connectivity index is 1.32. The Hall–Kier alpha value is -3.62. The van der Waals surface area contributed by atoms with Crippen molar-refractivity contribution in [1.82, 2.24) is 24.8 Å². The van der Waals surface area contributed by atoms with Crippen molar-refractivity contribution in [3.63, 3.8) is 0 Å². The zero-order valence-corrected chi connectivity index (χ0v) is 17.0. The maximum Gasteiger partial charge on any atom is 0.243 e. The molecule has 1 aliphatic heterocycles. The number of anilines is 2. The van der Waals surface area contributed by atoms with Gasteiger partial charge in [-0.05, 0) is 55.7 Å². The molecule has 1 saturated heterocycles. The Morgan fingerprint density at radius 2 is 1.90 bits per heavy atom. The summed E-state index contributed by atoms with van der Waals surface area (Å²) >= 11 is 0. The SMILES string of the molecule is Cc1cc(N2CCC(Nc3nc4c(-c5ccc(F)c(F)c5)cccn4n3)CC2)cnn1. The molecule has 1 N–H and O–H groups in total. The molecular formula is C22H21F2N7. The van der Waals surface area contributed by atoms with E-state index in [2.05, 4.69) is 30.5 Å². The third-order valence-electron chi connectivity index (χ3n) is 5.55. The molecule has 4 heterocycles. The number of aryl methyl sites for hydroxylation is 1. The van der Waals surface area contributed by atoms with Crippen LogP contribution in [0.3, 0.4) is 0 Å². The topological polar surface area (TPSA) is 71.2 Å². The number of nitrogens with one attached hydrogen (secondary N) is 1. The molecular weight excluding hydrogens is 400 g/mol. The fourth-order valence-electron chi connectivity index (χ4n) is 3.95. The highest BCUT2D eigenvalue weighted by Crippen LogP contribution is 2.26. The first-order chi connectivity index (χ1) is 15.1. The largest absolute Gasteiger partial charge is 0.370 e. The summed E-state index contributed by atoms with van der Waals surface area (Å²) in [6, 6.07) is 9.77. The van der Waals surface area contributed by atoms with Crippen LogP contribution in [0.2, 0.25) is 0 Å². The molecule has 0 unspecified atom stereocenters. The van der Waals surface area contributed by atoms with Gasteiger partial charge in [0, 0.05) is 30.9 Å². The zero-order valence-electron chi connectivity index (χ0n) is 17.0. The first kappa shape index (κ1) is 19.3. The van der Waals surface area contributed by atoms with E-state index in [1.165, 1.54) is 6.07 Å². The van der Waals surface area contributed by atoms with Crippen LogP contribution in [-0.2, 0) is 0 Å². The minimum absolute atomic E-state index is 0.247. The number of benzene rings is 1. The van der Waals surface area contributed by atoms with Gasteiger partial charge in [0.1, 0.15) is 0 Å². The molecule has 31 heavy (non-hydrogen) atoms. The molecule has 0 aliphatic carbocycles. The molecule has 1 aromatic carbocycles. The van der Waals surface area contributed by atoms with E-state index in [9.17, 15) is 8.78 Å². The van der Waals surface area contributed by atoms with Gasteiger partial charge in [-0.2, -0.15) is 15.2 Å². The summed E-state index contributed by atoms with van der Waals surface area (Å²) in [5.74, 6) is -1.23. The van der Waals surface area contributed by atoms with Crippen molar-refractivity contribution < 1.29 is 8.78 Å². The number of hydrogen-bond donors (Lipinski definition) is 1. The number of nitrogens with zero attached hydrogens (tertiary/aromatic N) is 6. The Morgan fingerprint density at radius 3 is 2.68 bits per heavy atom. The van der Waals surface area contributed by atoms with Gasteiger partial charge in [-0.15, -0.1) is 5.10 Å². The zero-order chi connectivity index (χ0) is 21.4. The van der Waals surface area contributed by atoms with Crippen molar-refractivity contribution in [2.45, 2.75) is 25.8 Å². The average Bonchev–Trinajstić information content (AvgIpc) is 3.19. The van der Waals surface area contributed by atoms with Crippen molar-refractivity contribution in [3.8, 4) is 11.1 Å². The van der Waals surface area contributed by atoms with E-state index in [0.717, 1.165) is 43.4 Å². The van der Waals surface area contributed by atoms with Crippen LogP contribution in [0.5, 0.6) is 0 Å². The third kappa shape index (κ3) is 3.90. The van der Waals surface area contributed by atoms with Gasteiger partial charge in [0.25, 0.3) is 0 Å². The maximum atomic E-state index is 13.7. The highest BCUT2D eigenvalue weighted by atomic mass is 19.2. The van der Waals surface area contributed by atoms with Gasteiger partial charge in [0.05, 0.1) is 17.6 Å². The van der Waals surface area contributed by atoms with E-state index in [1.54, 1.807) is 23.0 Å². The lowest BCUT2D eigenvalue weighted by atomic mass is 10.0. The molecule has 0 amide bonds. The van der Waals surface area contributed by atoms with Gasteiger partial charge in [0.2, 0.25) is 5.95 Å². The lowest BCUT2D eigenvalue weighted by Crippen LogP contribution is -2.39. The highest BCUT2D eigenvalue weighted by molar-refractivity contribution is 5.77. The van der Waals surface area contributed by atoms with Crippen molar-refractivity contribution >= 4 is 17.3 Å². The summed E-state index contributed by atoms with van der Waals surface area (Å²) < 4.78 is 28.7. The highest BCUT2D eigenvalue weighted by Gasteiger charge is 2.21. The Morgan fingerprint density at radius 1 is 1.06 bits per heavy atom. The normalized spacial score (nSPS) is 14.9. The monoisotopic (exact) mass is 421 g/mol. The first-order valence-electron chi connectivity index (χ1n) is 10.2. The van der Waals surface area contributed by atoms with Crippen molar-refractivity contribution in [2.75, 3.05) is 23.3 Å². The van der Waals surface area contributed by atoms with Crippen molar-refractivity contribution in [1.29, 1.82) is 0 Å². The maximum absolute atomic E-state index is 13.7. The number of halogens is 2. The van der Waals surface area contributed by atoms with Gasteiger partial charge >= 0.3 is 0 Å². The number of hydrogen-bond acceptors (Lipinski definition) is 6. The van der Waals surface area contributed by atoms with Crippen LogP contribution in [-0.4, -0.2) is 43.9 Å². The van der Waals surface area contributed by atoms with E-state index in [4.69, 9.17) is 0 Å². The standard InChI is InChI=1S/C22H21F2N7/c1-14-11-17(13-25-28-14)30-9-6-16(7-10-30)26-22-27-21-18(3-2-8-31(21)29-22)15-4-5-19(23)20(24)12-15/h2-5,8,11-13,16H,6-7,9-10H2,1H3,(H,26,29). The summed E-state index contributed by atoms with van der Waals surface area (Å²) in [4.78, 5) is 6.92. The van der Waals surface area contributed by atoms with Gasteiger partial charge in [-0.3, -0.25) is 0 Å². The lowest BCUT2D eigenvalue weighted by Gasteiger charge is -2.33. The molecule has 7 nitrogen and oxygen atoms in total. The van der Waals surface area contributed by atoms with E-state index in [0.29, 0.717) is 22.7 Å². The molecule has 9 heteroatoms. The summed E-state index contributed by atoms with van der Waals surface area (Å²) in [7, 11) is 0. The molecule has 4 aromatic rings. The first-order valence-corrected chi connectivity index (χ1v) is 10.2. The molecule has 3 aromatic heterocycles. The molecule has 0 spiro atoms. The minimum Gasteiger partial charge on any atom is -0.370 e. The number of aromatic nitrogens is 5. The van der Waals surface area contributed by atoms with E-state index in [1.807, 2.05) is 25.1 Å². The van der Waals surface area contributed by atoms with Crippen LogP contribution in [0.15, 0.2) is 48.8 Å². The molecule has 0 saturated carbocycles. The summed E-state index contributed by atoms with van der Waals surface area (Å²) in [6.07, 6.45) is 5.46. The fourth-order valence-corrected chi connectivity index (χ4v) is 3.95. The summed E-state index contributed by atoms with van der Waals surface area (Å²) in [6.45, 7) is 3.74. The van der Waals surface area contributed by atoms with Crippen LogP contribution in [0.1, 0.15) is 18.5 Å². The Labute approximate surface area is 177 Å². The molecule has 1 fully saturated rings. The van der Waals surface area contributed by atoms with Gasteiger partial charge in [-0.1, -0.05) is 6.07 Å². The van der Waals surface area contributed by atoms with Gasteiger partial charge < -0.3 is 10.2 Å². The third-order valence-corrected chi connectivity index (χ3v) is 5.55. The fraction of sp³-hybridized carbons (Fsp3) is 0.273. The van der Waals surface area contributed by atoms with Gasteiger partial charge in [0.15, 0.2) is 17.3 Å². The van der Waals surface area contributed by atoms with Crippen LogP contribution in [0, 0.1) is 18.6 Å². The molecule has 0 atom stereocenters. The van der Waals surface area contributed by atoms with Crippen LogP contribution in [0.25, 0.3) is 16.8 Å². The molecule has 0 bridgehead atoms. The summed E-state index contributed by atoms with van der Waals surface area (Å²) in [5, 5.41) is 16.0. The van der Waals surface area contributed by atoms with Crippen LogP contribution in [0.4, 0.5) is 20.4 Å².